The molecular formula is C24H32O6. The zero-order valence-corrected chi connectivity index (χ0v) is 18.4. The molecular weight excluding hydrogens is 384 g/mol. The van der Waals surface area contributed by atoms with Crippen molar-refractivity contribution in [2.75, 3.05) is 13.7 Å². The Morgan fingerprint density at radius 1 is 1.20 bits per heavy atom. The second-order valence-corrected chi connectivity index (χ2v) is 10.2. The van der Waals surface area contributed by atoms with Crippen LogP contribution in [0.5, 0.6) is 11.5 Å². The fraction of sp³-hybridized carbons (Fsp3) is 0.625. The van der Waals surface area contributed by atoms with Crippen LogP contribution in [0.1, 0.15) is 56.0 Å². The second kappa shape index (κ2) is 6.99. The predicted octanol–water partition coefficient (Wildman–Crippen LogP) is 3.36. The molecule has 0 saturated heterocycles. The van der Waals surface area contributed by atoms with E-state index in [0.29, 0.717) is 29.2 Å². The van der Waals surface area contributed by atoms with Crippen LogP contribution in [0.4, 0.5) is 0 Å². The van der Waals surface area contributed by atoms with Gasteiger partial charge in [0.25, 0.3) is 0 Å². The summed E-state index contributed by atoms with van der Waals surface area (Å²) in [5, 5.41) is 31.4. The number of methoxy groups -OCH3 is 1. The number of carbonyl (C=O) groups excluding carboxylic acids is 1. The smallest absolute Gasteiger partial charge is 0.342 e. The molecule has 5 atom stereocenters. The minimum Gasteiger partial charge on any atom is -0.507 e. The van der Waals surface area contributed by atoms with Crippen molar-refractivity contribution in [3.63, 3.8) is 0 Å². The molecule has 6 heteroatoms. The van der Waals surface area contributed by atoms with Crippen molar-refractivity contribution in [3.8, 4) is 11.5 Å². The number of phenolic OH excluding ortho intramolecular Hbond substituents is 1. The Kier molecular flexibility index (Phi) is 4.94. The lowest BCUT2D eigenvalue weighted by molar-refractivity contribution is -0.0571. The van der Waals surface area contributed by atoms with E-state index < -0.39 is 18.2 Å². The largest absolute Gasteiger partial charge is 0.507 e. The van der Waals surface area contributed by atoms with Gasteiger partial charge in [0.1, 0.15) is 23.2 Å². The fourth-order valence-corrected chi connectivity index (χ4v) is 6.40. The summed E-state index contributed by atoms with van der Waals surface area (Å²) < 4.78 is 10.9. The molecule has 5 unspecified atom stereocenters. The zero-order valence-electron chi connectivity index (χ0n) is 18.4. The number of hydrogen-bond donors (Lipinski definition) is 3. The maximum Gasteiger partial charge on any atom is 0.342 e. The summed E-state index contributed by atoms with van der Waals surface area (Å²) in [6.45, 7) is 8.11. The molecule has 1 aromatic carbocycles. The van der Waals surface area contributed by atoms with Crippen molar-refractivity contribution in [1.29, 1.82) is 0 Å². The molecule has 2 fully saturated rings. The number of esters is 1. The van der Waals surface area contributed by atoms with Gasteiger partial charge in [0.15, 0.2) is 0 Å². The molecule has 1 aromatic rings. The molecule has 2 saturated carbocycles. The minimum atomic E-state index is -0.706. The van der Waals surface area contributed by atoms with Crippen LogP contribution in [0.2, 0.25) is 0 Å². The van der Waals surface area contributed by atoms with Crippen LogP contribution in [-0.2, 0) is 4.74 Å². The summed E-state index contributed by atoms with van der Waals surface area (Å²) in [7, 11) is 1.50. The highest BCUT2D eigenvalue weighted by molar-refractivity contribution is 5.94. The third kappa shape index (κ3) is 3.04. The average Bonchev–Trinajstić information content (AvgIpc) is 2.99. The van der Waals surface area contributed by atoms with Crippen LogP contribution in [0.25, 0.3) is 0 Å². The Balaban J connectivity index is 1.63. The number of aryl methyl sites for hydroxylation is 1. The monoisotopic (exact) mass is 416 g/mol. The van der Waals surface area contributed by atoms with E-state index in [1.165, 1.54) is 13.2 Å². The summed E-state index contributed by atoms with van der Waals surface area (Å²) >= 11 is 0. The highest BCUT2D eigenvalue weighted by Crippen LogP contribution is 2.66. The quantitative estimate of drug-likeness (QED) is 0.515. The van der Waals surface area contributed by atoms with E-state index in [1.54, 1.807) is 13.0 Å². The normalized spacial score (nSPS) is 34.1. The first-order valence-electron chi connectivity index (χ1n) is 10.6. The maximum absolute atomic E-state index is 12.9. The molecule has 0 aromatic heterocycles. The summed E-state index contributed by atoms with van der Waals surface area (Å²) in [4.78, 5) is 12.9. The van der Waals surface area contributed by atoms with E-state index in [2.05, 4.69) is 20.8 Å². The van der Waals surface area contributed by atoms with E-state index in [9.17, 15) is 20.1 Å². The van der Waals surface area contributed by atoms with Crippen molar-refractivity contribution >= 4 is 5.97 Å². The lowest BCUT2D eigenvalue weighted by Crippen LogP contribution is -2.56. The summed E-state index contributed by atoms with van der Waals surface area (Å²) in [6.07, 6.45) is 1.39. The SMILES string of the molecule is COc1cc(C)c(C(=O)OC2CC3(C)C2=C(CO)C(O)C2CC(C)(C)CC23)c(O)c1. The van der Waals surface area contributed by atoms with E-state index >= 15 is 0 Å². The van der Waals surface area contributed by atoms with Gasteiger partial charge >= 0.3 is 5.97 Å². The molecule has 0 spiro atoms. The van der Waals surface area contributed by atoms with E-state index in [-0.39, 0.29) is 34.7 Å². The van der Waals surface area contributed by atoms with Crippen LogP contribution in [-0.4, -0.2) is 47.2 Å². The highest BCUT2D eigenvalue weighted by Gasteiger charge is 2.63. The van der Waals surface area contributed by atoms with Gasteiger partial charge in [0.2, 0.25) is 0 Å². The third-order valence-electron chi connectivity index (χ3n) is 7.70. The van der Waals surface area contributed by atoms with E-state index in [1.807, 2.05) is 0 Å². The number of fused-ring (bicyclic) bond motifs is 3. The van der Waals surface area contributed by atoms with Crippen LogP contribution in [0.3, 0.4) is 0 Å². The van der Waals surface area contributed by atoms with Crippen molar-refractivity contribution in [1.82, 2.24) is 0 Å². The number of rotatable bonds is 4. The van der Waals surface area contributed by atoms with Crippen molar-refractivity contribution < 1.29 is 29.6 Å². The Morgan fingerprint density at radius 2 is 1.90 bits per heavy atom. The Hall–Kier alpha value is -2.05. The lowest BCUT2D eigenvalue weighted by atomic mass is 9.49. The second-order valence-electron chi connectivity index (χ2n) is 10.2. The minimum absolute atomic E-state index is 0.117. The molecule has 3 aliphatic rings. The first kappa shape index (κ1) is 21.2. The van der Waals surface area contributed by atoms with Gasteiger partial charge in [-0.15, -0.1) is 0 Å². The van der Waals surface area contributed by atoms with Gasteiger partial charge in [0.05, 0.1) is 19.8 Å². The number of benzene rings is 1. The Labute approximate surface area is 177 Å². The number of ether oxygens (including phenoxy) is 2. The third-order valence-corrected chi connectivity index (χ3v) is 7.70. The summed E-state index contributed by atoms with van der Waals surface area (Å²) in [5.74, 6) is 0.108. The van der Waals surface area contributed by atoms with Gasteiger partial charge in [-0.1, -0.05) is 20.8 Å². The number of carbonyl (C=O) groups is 1. The topological polar surface area (TPSA) is 96.2 Å². The molecule has 4 rings (SSSR count). The standard InChI is InChI=1S/C24H32O6/c1-12-6-13(29-5)7-17(26)19(12)22(28)30-18-10-24(4)16-9-23(2,3)8-14(16)21(27)15(11-25)20(18)24/h6-7,14,16,18,21,25-27H,8-11H2,1-5H3. The maximum atomic E-state index is 12.9. The van der Waals surface area contributed by atoms with E-state index in [0.717, 1.165) is 18.4 Å². The molecule has 6 nitrogen and oxygen atoms in total. The van der Waals surface area contributed by atoms with Crippen LogP contribution in [0.15, 0.2) is 23.3 Å². The zero-order chi connectivity index (χ0) is 22.0. The van der Waals surface area contributed by atoms with Gasteiger partial charge in [-0.25, -0.2) is 4.79 Å². The van der Waals surface area contributed by atoms with Crippen LogP contribution in [0, 0.1) is 29.6 Å². The highest BCUT2D eigenvalue weighted by atomic mass is 16.5. The van der Waals surface area contributed by atoms with Gasteiger partial charge in [0, 0.05) is 6.07 Å². The molecule has 30 heavy (non-hydrogen) atoms. The number of hydrogen-bond acceptors (Lipinski definition) is 6. The summed E-state index contributed by atoms with van der Waals surface area (Å²) in [6, 6.07) is 3.07. The molecule has 3 aliphatic carbocycles. The molecule has 0 amide bonds. The molecule has 164 valence electrons. The van der Waals surface area contributed by atoms with Crippen molar-refractivity contribution in [3.05, 3.63) is 34.4 Å². The number of aliphatic hydroxyl groups is 2. The van der Waals surface area contributed by atoms with Crippen molar-refractivity contribution in [2.24, 2.45) is 22.7 Å². The Bertz CT molecular complexity index is 893. The number of aromatic hydroxyl groups is 1. The van der Waals surface area contributed by atoms with Crippen molar-refractivity contribution in [2.45, 2.75) is 59.2 Å². The number of aliphatic hydroxyl groups excluding tert-OH is 2. The Morgan fingerprint density at radius 3 is 2.50 bits per heavy atom. The van der Waals surface area contributed by atoms with Gasteiger partial charge in [-0.05, 0) is 71.6 Å². The molecule has 0 heterocycles. The number of phenols is 1. The molecule has 0 bridgehead atoms. The molecule has 0 aliphatic heterocycles. The van der Waals surface area contributed by atoms with Crippen LogP contribution < -0.4 is 4.74 Å². The predicted molar refractivity (Wildman–Crippen MR) is 111 cm³/mol. The van der Waals surface area contributed by atoms with Gasteiger partial charge in [-0.3, -0.25) is 0 Å². The lowest BCUT2D eigenvalue weighted by Gasteiger charge is -2.57. The first-order chi connectivity index (χ1) is 14.0. The average molecular weight is 417 g/mol. The summed E-state index contributed by atoms with van der Waals surface area (Å²) in [5.41, 5.74) is 2.12. The van der Waals surface area contributed by atoms with E-state index in [4.69, 9.17) is 9.47 Å². The molecule has 3 N–H and O–H groups in total. The fourth-order valence-electron chi connectivity index (χ4n) is 6.40. The van der Waals surface area contributed by atoms with Gasteiger partial charge in [-0.2, -0.15) is 0 Å². The first-order valence-corrected chi connectivity index (χ1v) is 10.6. The van der Waals surface area contributed by atoms with Crippen LogP contribution >= 0.6 is 0 Å². The molecule has 0 radical (unpaired) electrons. The van der Waals surface area contributed by atoms with Gasteiger partial charge < -0.3 is 24.8 Å².